The van der Waals surface area contributed by atoms with Gasteiger partial charge in [-0.2, -0.15) is 0 Å². The fraction of sp³-hybridized carbons (Fsp3) is 0.200. The van der Waals surface area contributed by atoms with E-state index in [0.717, 1.165) is 0 Å². The highest BCUT2D eigenvalue weighted by Crippen LogP contribution is 2.20. The number of hydrogen-bond donors (Lipinski definition) is 0. The van der Waals surface area contributed by atoms with Gasteiger partial charge in [-0.05, 0) is 6.07 Å². The first-order chi connectivity index (χ1) is 4.30. The largest absolute Gasteiger partial charge is 0.245 e. The highest BCUT2D eigenvalue weighted by atomic mass is 35.5. The molecule has 2 nitrogen and oxygen atoms in total. The molecule has 0 amide bonds. The van der Waals surface area contributed by atoms with E-state index in [0.29, 0.717) is 5.69 Å². The quantitative estimate of drug-likeness (QED) is 0.591. The van der Waals surface area contributed by atoms with Crippen LogP contribution in [0, 0.1) is 0 Å². The Bertz CT molecular complexity index is 176. The molecule has 0 N–H and O–H groups in total. The van der Waals surface area contributed by atoms with Crippen molar-refractivity contribution in [3.05, 3.63) is 24.3 Å². The van der Waals surface area contributed by atoms with E-state index in [1.54, 1.807) is 12.3 Å². The van der Waals surface area contributed by atoms with E-state index in [9.17, 15) is 0 Å². The minimum atomic E-state index is -0.548. The molecule has 48 valence electrons. The van der Waals surface area contributed by atoms with Gasteiger partial charge in [-0.1, -0.05) is 23.2 Å². The van der Waals surface area contributed by atoms with Crippen molar-refractivity contribution in [2.75, 3.05) is 0 Å². The average molecular weight is 163 g/mol. The molecule has 9 heavy (non-hydrogen) atoms. The van der Waals surface area contributed by atoms with E-state index in [4.69, 9.17) is 23.2 Å². The molecule has 0 aliphatic heterocycles. The highest BCUT2D eigenvalue weighted by molar-refractivity contribution is 6.43. The Hall–Kier alpha value is -0.340. The van der Waals surface area contributed by atoms with Crippen LogP contribution in [0.25, 0.3) is 0 Å². The van der Waals surface area contributed by atoms with Crippen LogP contribution in [-0.4, -0.2) is 9.97 Å². The van der Waals surface area contributed by atoms with Gasteiger partial charge in [0, 0.05) is 6.20 Å². The predicted octanol–water partition coefficient (Wildman–Crippen LogP) is 1.95. The molecule has 0 fully saturated rings. The summed E-state index contributed by atoms with van der Waals surface area (Å²) in [6.07, 6.45) is 3.01. The van der Waals surface area contributed by atoms with Gasteiger partial charge in [-0.15, -0.1) is 0 Å². The molecule has 0 aliphatic carbocycles. The summed E-state index contributed by atoms with van der Waals surface area (Å²) in [6, 6.07) is 1.67. The van der Waals surface area contributed by atoms with E-state index < -0.39 is 4.84 Å². The first-order valence-electron chi connectivity index (χ1n) is 2.35. The molecule has 1 heterocycles. The van der Waals surface area contributed by atoms with Gasteiger partial charge >= 0.3 is 0 Å². The Morgan fingerprint density at radius 1 is 1.44 bits per heavy atom. The number of halogens is 2. The molecule has 0 radical (unpaired) electrons. The van der Waals surface area contributed by atoms with Gasteiger partial charge in [0.25, 0.3) is 0 Å². The monoisotopic (exact) mass is 162 g/mol. The molecule has 0 saturated carbocycles. The Morgan fingerprint density at radius 2 is 2.22 bits per heavy atom. The molecule has 0 saturated heterocycles. The van der Waals surface area contributed by atoms with Gasteiger partial charge in [-0.3, -0.25) is 0 Å². The molecule has 0 atom stereocenters. The van der Waals surface area contributed by atoms with Crippen molar-refractivity contribution in [2.24, 2.45) is 0 Å². The Kier molecular flexibility index (Phi) is 2.25. The molecule has 0 unspecified atom stereocenters. The average Bonchev–Trinajstić information content (AvgIpc) is 1.90. The highest BCUT2D eigenvalue weighted by Gasteiger charge is 2.01. The first kappa shape index (κ1) is 6.78. The maximum atomic E-state index is 5.48. The molecular weight excluding hydrogens is 159 g/mol. The topological polar surface area (TPSA) is 25.8 Å². The van der Waals surface area contributed by atoms with E-state index in [1.807, 2.05) is 0 Å². The summed E-state index contributed by atoms with van der Waals surface area (Å²) in [6.45, 7) is 0. The third kappa shape index (κ3) is 1.80. The first-order valence-corrected chi connectivity index (χ1v) is 3.22. The summed E-state index contributed by atoms with van der Waals surface area (Å²) in [4.78, 5) is 6.95. The smallest absolute Gasteiger partial charge is 0.149 e. The number of hydrogen-bond acceptors (Lipinski definition) is 2. The summed E-state index contributed by atoms with van der Waals surface area (Å²) in [5, 5.41) is 0. The Morgan fingerprint density at radius 3 is 2.56 bits per heavy atom. The van der Waals surface area contributed by atoms with Gasteiger partial charge in [0.1, 0.15) is 11.2 Å². The van der Waals surface area contributed by atoms with Crippen molar-refractivity contribution >= 4 is 23.2 Å². The molecule has 0 aromatic carbocycles. The van der Waals surface area contributed by atoms with Gasteiger partial charge in [0.15, 0.2) is 0 Å². The van der Waals surface area contributed by atoms with Gasteiger partial charge in [0.2, 0.25) is 0 Å². The van der Waals surface area contributed by atoms with Crippen molar-refractivity contribution < 1.29 is 0 Å². The molecule has 1 aromatic rings. The second-order valence-electron chi connectivity index (χ2n) is 1.43. The zero-order valence-electron chi connectivity index (χ0n) is 4.46. The Labute approximate surface area is 62.8 Å². The maximum absolute atomic E-state index is 5.48. The maximum Gasteiger partial charge on any atom is 0.149 e. The zero-order valence-corrected chi connectivity index (χ0v) is 5.97. The van der Waals surface area contributed by atoms with Crippen LogP contribution in [0.2, 0.25) is 0 Å². The molecule has 0 aliphatic rings. The molecular formula is C5H4Cl2N2. The van der Waals surface area contributed by atoms with Crippen molar-refractivity contribution in [3.63, 3.8) is 0 Å². The third-order valence-corrected chi connectivity index (χ3v) is 1.28. The van der Waals surface area contributed by atoms with Gasteiger partial charge < -0.3 is 0 Å². The number of alkyl halides is 2. The Balaban J connectivity index is 2.85. The number of aromatic nitrogens is 2. The lowest BCUT2D eigenvalue weighted by atomic mass is 10.5. The minimum absolute atomic E-state index is 0.548. The van der Waals surface area contributed by atoms with Crippen LogP contribution in [0.4, 0.5) is 0 Å². The predicted molar refractivity (Wildman–Crippen MR) is 36.5 cm³/mol. The summed E-state index contributed by atoms with van der Waals surface area (Å²) in [5.41, 5.74) is 0.633. The molecule has 1 rings (SSSR count). The van der Waals surface area contributed by atoms with Crippen LogP contribution >= 0.6 is 23.2 Å². The lowest BCUT2D eigenvalue weighted by Gasteiger charge is -1.95. The minimum Gasteiger partial charge on any atom is -0.245 e. The van der Waals surface area contributed by atoms with Gasteiger partial charge in [0.05, 0.1) is 5.69 Å². The van der Waals surface area contributed by atoms with Crippen LogP contribution in [0.15, 0.2) is 18.6 Å². The molecule has 0 bridgehead atoms. The summed E-state index contributed by atoms with van der Waals surface area (Å²) in [7, 11) is 0. The lowest BCUT2D eigenvalue weighted by molar-refractivity contribution is 1.07. The van der Waals surface area contributed by atoms with E-state index in [-0.39, 0.29) is 0 Å². The van der Waals surface area contributed by atoms with E-state index in [1.165, 1.54) is 6.33 Å². The normalized spacial score (nSPS) is 10.1. The molecule has 1 aromatic heterocycles. The number of nitrogens with zero attached hydrogens (tertiary/aromatic N) is 2. The fourth-order valence-electron chi connectivity index (χ4n) is 0.430. The SMILES string of the molecule is ClC(Cl)c1ccncn1. The number of rotatable bonds is 1. The van der Waals surface area contributed by atoms with Crippen LogP contribution < -0.4 is 0 Å². The van der Waals surface area contributed by atoms with Crippen molar-refractivity contribution in [1.29, 1.82) is 0 Å². The standard InChI is InChI=1S/C5H4Cl2N2/c6-5(7)4-1-2-8-3-9-4/h1-3,5H. The van der Waals surface area contributed by atoms with Crippen LogP contribution in [0.5, 0.6) is 0 Å². The summed E-state index contributed by atoms with van der Waals surface area (Å²) in [5.74, 6) is 0. The third-order valence-electron chi connectivity index (χ3n) is 0.828. The molecule has 4 heteroatoms. The zero-order chi connectivity index (χ0) is 6.69. The van der Waals surface area contributed by atoms with E-state index in [2.05, 4.69) is 9.97 Å². The van der Waals surface area contributed by atoms with E-state index >= 15 is 0 Å². The van der Waals surface area contributed by atoms with Crippen molar-refractivity contribution in [1.82, 2.24) is 9.97 Å². The fourth-order valence-corrected chi connectivity index (χ4v) is 0.688. The molecule has 0 spiro atoms. The van der Waals surface area contributed by atoms with Crippen LogP contribution in [0.1, 0.15) is 10.5 Å². The summed E-state index contributed by atoms with van der Waals surface area (Å²) < 4.78 is 0. The van der Waals surface area contributed by atoms with Crippen LogP contribution in [0.3, 0.4) is 0 Å². The van der Waals surface area contributed by atoms with Crippen LogP contribution in [-0.2, 0) is 0 Å². The second kappa shape index (κ2) is 2.99. The second-order valence-corrected chi connectivity index (χ2v) is 2.53. The lowest BCUT2D eigenvalue weighted by Crippen LogP contribution is -1.86. The summed E-state index contributed by atoms with van der Waals surface area (Å²) >= 11 is 11.0. The van der Waals surface area contributed by atoms with Crippen molar-refractivity contribution in [3.8, 4) is 0 Å². The van der Waals surface area contributed by atoms with Crippen molar-refractivity contribution in [2.45, 2.75) is 4.84 Å². The van der Waals surface area contributed by atoms with Gasteiger partial charge in [-0.25, -0.2) is 9.97 Å².